The van der Waals surface area contributed by atoms with E-state index in [-0.39, 0.29) is 6.61 Å². The number of aliphatic hydroxyl groups is 2. The lowest BCUT2D eigenvalue weighted by molar-refractivity contribution is -0.0624. The molecule has 0 amide bonds. The van der Waals surface area contributed by atoms with Gasteiger partial charge in [0.1, 0.15) is 24.1 Å². The van der Waals surface area contributed by atoms with Crippen molar-refractivity contribution < 1.29 is 19.7 Å². The number of aromatic nitrogens is 2. The van der Waals surface area contributed by atoms with Crippen molar-refractivity contribution in [1.82, 2.24) is 9.55 Å². The van der Waals surface area contributed by atoms with Crippen LogP contribution in [0.5, 0.6) is 0 Å². The van der Waals surface area contributed by atoms with Gasteiger partial charge in [-0.05, 0) is 13.0 Å². The number of nitrogens with one attached hydrogen (secondary N) is 1. The molecule has 1 aliphatic heterocycles. The second kappa shape index (κ2) is 6.31. The first-order chi connectivity index (χ1) is 9.62. The van der Waals surface area contributed by atoms with Gasteiger partial charge in [0.15, 0.2) is 6.23 Å². The van der Waals surface area contributed by atoms with Gasteiger partial charge in [-0.2, -0.15) is 4.98 Å². The number of anilines is 1. The number of ether oxygens (including phenoxy) is 2. The van der Waals surface area contributed by atoms with E-state index in [4.69, 9.17) is 14.6 Å². The van der Waals surface area contributed by atoms with E-state index in [1.165, 1.54) is 17.9 Å². The highest BCUT2D eigenvalue weighted by Gasteiger charge is 2.45. The second-order valence-electron chi connectivity index (χ2n) is 4.47. The van der Waals surface area contributed by atoms with Crippen LogP contribution in [-0.4, -0.2) is 58.3 Å². The fraction of sp³-hybridized carbons (Fsp3) is 0.667. The van der Waals surface area contributed by atoms with Crippen LogP contribution in [0.1, 0.15) is 13.2 Å². The van der Waals surface area contributed by atoms with E-state index >= 15 is 0 Å². The van der Waals surface area contributed by atoms with Gasteiger partial charge in [-0.1, -0.05) is 0 Å². The lowest BCUT2D eigenvalue weighted by Crippen LogP contribution is -2.37. The Kier molecular flexibility index (Phi) is 4.71. The molecule has 1 aliphatic rings. The fourth-order valence-corrected chi connectivity index (χ4v) is 2.23. The van der Waals surface area contributed by atoms with Crippen LogP contribution >= 0.6 is 0 Å². The zero-order valence-corrected chi connectivity index (χ0v) is 11.4. The van der Waals surface area contributed by atoms with Crippen LogP contribution in [0.3, 0.4) is 0 Å². The van der Waals surface area contributed by atoms with Crippen LogP contribution in [0, 0.1) is 0 Å². The van der Waals surface area contributed by atoms with Gasteiger partial charge in [-0.3, -0.25) is 4.57 Å². The summed E-state index contributed by atoms with van der Waals surface area (Å²) in [6.07, 6.45) is -1.82. The fourth-order valence-electron chi connectivity index (χ4n) is 2.23. The van der Waals surface area contributed by atoms with Crippen molar-refractivity contribution in [3.63, 3.8) is 0 Å². The first kappa shape index (κ1) is 14.9. The molecule has 4 atom stereocenters. The summed E-state index contributed by atoms with van der Waals surface area (Å²) in [5, 5.41) is 22.0. The van der Waals surface area contributed by atoms with E-state index in [0.29, 0.717) is 12.4 Å². The summed E-state index contributed by atoms with van der Waals surface area (Å²) in [6.45, 7) is 2.20. The van der Waals surface area contributed by atoms with Crippen molar-refractivity contribution >= 4 is 5.82 Å². The summed E-state index contributed by atoms with van der Waals surface area (Å²) in [7, 11) is 1.41. The van der Waals surface area contributed by atoms with E-state index in [1.807, 2.05) is 6.92 Å². The summed E-state index contributed by atoms with van der Waals surface area (Å²) in [5.41, 5.74) is -0.513. The van der Waals surface area contributed by atoms with Gasteiger partial charge >= 0.3 is 5.69 Å². The molecular weight excluding hydrogens is 266 g/mol. The zero-order chi connectivity index (χ0) is 14.7. The molecule has 0 aromatic carbocycles. The number of rotatable bonds is 5. The maximum atomic E-state index is 12.0. The Labute approximate surface area is 116 Å². The summed E-state index contributed by atoms with van der Waals surface area (Å²) in [4.78, 5) is 15.9. The Bertz CT molecular complexity index is 506. The summed E-state index contributed by atoms with van der Waals surface area (Å²) in [5.74, 6) is 0.472. The predicted molar refractivity (Wildman–Crippen MR) is 70.5 cm³/mol. The van der Waals surface area contributed by atoms with E-state index in [2.05, 4.69) is 10.3 Å². The maximum Gasteiger partial charge on any atom is 0.351 e. The molecule has 1 fully saturated rings. The quantitative estimate of drug-likeness (QED) is 0.633. The minimum Gasteiger partial charge on any atom is -0.394 e. The average molecular weight is 285 g/mol. The first-order valence-corrected chi connectivity index (χ1v) is 6.42. The Morgan fingerprint density at radius 1 is 1.60 bits per heavy atom. The van der Waals surface area contributed by atoms with Crippen molar-refractivity contribution in [2.75, 3.05) is 25.6 Å². The van der Waals surface area contributed by atoms with Gasteiger partial charge in [-0.15, -0.1) is 0 Å². The van der Waals surface area contributed by atoms with Crippen LogP contribution in [0.15, 0.2) is 17.1 Å². The average Bonchev–Trinajstić information content (AvgIpc) is 2.75. The van der Waals surface area contributed by atoms with E-state index in [1.54, 1.807) is 6.07 Å². The van der Waals surface area contributed by atoms with Crippen molar-refractivity contribution in [1.29, 1.82) is 0 Å². The Morgan fingerprint density at radius 2 is 2.35 bits per heavy atom. The molecule has 0 saturated carbocycles. The minimum absolute atomic E-state index is 0.352. The molecule has 1 saturated heterocycles. The maximum absolute atomic E-state index is 12.0. The highest BCUT2D eigenvalue weighted by Crippen LogP contribution is 2.30. The molecule has 1 aromatic heterocycles. The number of aliphatic hydroxyl groups excluding tert-OH is 2. The Morgan fingerprint density at radius 3 is 2.90 bits per heavy atom. The van der Waals surface area contributed by atoms with Crippen LogP contribution in [0.4, 0.5) is 5.82 Å². The molecule has 2 heterocycles. The molecule has 8 nitrogen and oxygen atoms in total. The molecule has 0 bridgehead atoms. The normalized spacial score (nSPS) is 29.6. The van der Waals surface area contributed by atoms with Crippen LogP contribution in [0.25, 0.3) is 0 Å². The molecule has 20 heavy (non-hydrogen) atoms. The molecular formula is C12H19N3O5. The summed E-state index contributed by atoms with van der Waals surface area (Å²) < 4.78 is 11.9. The van der Waals surface area contributed by atoms with Gasteiger partial charge < -0.3 is 25.0 Å². The van der Waals surface area contributed by atoms with E-state index in [9.17, 15) is 9.90 Å². The molecule has 0 unspecified atom stereocenters. The third kappa shape index (κ3) is 2.68. The van der Waals surface area contributed by atoms with Gasteiger partial charge in [0, 0.05) is 19.9 Å². The van der Waals surface area contributed by atoms with Crippen LogP contribution < -0.4 is 11.0 Å². The van der Waals surface area contributed by atoms with Crippen LogP contribution in [-0.2, 0) is 9.47 Å². The van der Waals surface area contributed by atoms with Gasteiger partial charge in [0.05, 0.1) is 6.61 Å². The van der Waals surface area contributed by atoms with Gasteiger partial charge in [0.25, 0.3) is 0 Å². The number of methoxy groups -OCH3 is 1. The molecule has 0 spiro atoms. The molecule has 0 aliphatic carbocycles. The second-order valence-corrected chi connectivity index (χ2v) is 4.47. The third-order valence-corrected chi connectivity index (χ3v) is 3.23. The Hall–Kier alpha value is -1.48. The SMILES string of the molecule is CCNc1ccn([C@@H]2O[C@H](CO)[C@@H](O)[C@H]2OC)c(=O)n1. The molecule has 8 heteroatoms. The minimum atomic E-state index is -1.00. The molecule has 3 N–H and O–H groups in total. The zero-order valence-electron chi connectivity index (χ0n) is 11.4. The highest BCUT2D eigenvalue weighted by molar-refractivity contribution is 5.31. The number of hydrogen-bond acceptors (Lipinski definition) is 7. The van der Waals surface area contributed by atoms with E-state index in [0.717, 1.165) is 0 Å². The Balaban J connectivity index is 2.29. The molecule has 1 aromatic rings. The van der Waals surface area contributed by atoms with Crippen molar-refractivity contribution in [2.24, 2.45) is 0 Å². The van der Waals surface area contributed by atoms with Crippen molar-refractivity contribution in [2.45, 2.75) is 31.5 Å². The standard InChI is InChI=1S/C12H19N3O5/c1-3-13-8-4-5-15(12(18)14-8)11-10(19-2)9(17)7(6-16)20-11/h4-5,7,9-11,16-17H,3,6H2,1-2H3,(H,13,14,18)/t7-,9-,10-,11-/m1/s1. The molecule has 0 radical (unpaired) electrons. The lowest BCUT2D eigenvalue weighted by Gasteiger charge is -2.20. The van der Waals surface area contributed by atoms with Gasteiger partial charge in [0.2, 0.25) is 0 Å². The summed E-state index contributed by atoms with van der Waals surface area (Å²) in [6, 6.07) is 1.64. The summed E-state index contributed by atoms with van der Waals surface area (Å²) >= 11 is 0. The molecule has 112 valence electrons. The monoisotopic (exact) mass is 285 g/mol. The number of nitrogens with zero attached hydrogens (tertiary/aromatic N) is 2. The largest absolute Gasteiger partial charge is 0.394 e. The van der Waals surface area contributed by atoms with Crippen molar-refractivity contribution in [3.8, 4) is 0 Å². The van der Waals surface area contributed by atoms with E-state index < -0.39 is 30.2 Å². The number of hydrogen-bond donors (Lipinski definition) is 3. The lowest BCUT2D eigenvalue weighted by atomic mass is 10.1. The molecule has 2 rings (SSSR count). The van der Waals surface area contributed by atoms with Crippen molar-refractivity contribution in [3.05, 3.63) is 22.7 Å². The smallest absolute Gasteiger partial charge is 0.351 e. The van der Waals surface area contributed by atoms with Gasteiger partial charge in [-0.25, -0.2) is 4.79 Å². The predicted octanol–water partition coefficient (Wildman–Crippen LogP) is -1.06. The first-order valence-electron chi connectivity index (χ1n) is 6.42. The highest BCUT2D eigenvalue weighted by atomic mass is 16.6. The topological polar surface area (TPSA) is 106 Å². The van der Waals surface area contributed by atoms with Crippen LogP contribution in [0.2, 0.25) is 0 Å². The third-order valence-electron chi connectivity index (χ3n) is 3.23.